The molecule has 1 aliphatic rings. The Hall–Kier alpha value is -2.14. The van der Waals surface area contributed by atoms with E-state index in [2.05, 4.69) is 15.3 Å². The van der Waals surface area contributed by atoms with Gasteiger partial charge in [0.1, 0.15) is 11.0 Å². The van der Waals surface area contributed by atoms with Crippen LogP contribution in [0.3, 0.4) is 0 Å². The highest BCUT2D eigenvalue weighted by Gasteiger charge is 2.21. The number of nitrogens with zero attached hydrogens (tertiary/aromatic N) is 3. The van der Waals surface area contributed by atoms with E-state index in [4.69, 9.17) is 11.6 Å². The summed E-state index contributed by atoms with van der Waals surface area (Å²) in [5.41, 5.74) is 1.60. The first-order valence-corrected chi connectivity index (χ1v) is 8.20. The van der Waals surface area contributed by atoms with Crippen molar-refractivity contribution in [3.63, 3.8) is 0 Å². The Morgan fingerprint density at radius 2 is 2.00 bits per heavy atom. The molecule has 0 saturated carbocycles. The maximum atomic E-state index is 12.7. The van der Waals surface area contributed by atoms with E-state index in [0.717, 1.165) is 31.5 Å². The molecule has 1 fully saturated rings. The normalized spacial score (nSPS) is 14.6. The molecule has 6 heteroatoms. The summed E-state index contributed by atoms with van der Waals surface area (Å²) in [6.45, 7) is 2.20. The van der Waals surface area contributed by atoms with Crippen molar-refractivity contribution in [3.05, 3.63) is 52.9 Å². The number of halogens is 1. The van der Waals surface area contributed by atoms with Gasteiger partial charge in [0.05, 0.1) is 5.56 Å². The Morgan fingerprint density at radius 3 is 2.74 bits per heavy atom. The molecule has 3 heterocycles. The summed E-state index contributed by atoms with van der Waals surface area (Å²) in [5, 5.41) is 3.69. The van der Waals surface area contributed by atoms with Crippen molar-refractivity contribution in [2.45, 2.75) is 25.8 Å². The van der Waals surface area contributed by atoms with E-state index in [1.807, 2.05) is 17.0 Å². The molecule has 1 N–H and O–H groups in total. The standard InChI is InChI=1S/C17H19ClN4O/c18-15-7-6-13(11-20-15)12-21-16-14(5-4-8-19-16)17(23)22-9-2-1-3-10-22/h4-8,11H,1-3,9-10,12H2,(H,19,21). The van der Waals surface area contributed by atoms with Crippen LogP contribution in [0.4, 0.5) is 5.82 Å². The molecule has 0 spiro atoms. The van der Waals surface area contributed by atoms with Gasteiger partial charge in [0, 0.05) is 32.0 Å². The van der Waals surface area contributed by atoms with Crippen molar-refractivity contribution < 1.29 is 4.79 Å². The van der Waals surface area contributed by atoms with Gasteiger partial charge in [-0.15, -0.1) is 0 Å². The van der Waals surface area contributed by atoms with Crippen LogP contribution in [-0.2, 0) is 6.54 Å². The second-order valence-electron chi connectivity index (χ2n) is 5.60. The number of aromatic nitrogens is 2. The maximum absolute atomic E-state index is 12.7. The largest absolute Gasteiger partial charge is 0.365 e. The maximum Gasteiger partial charge on any atom is 0.257 e. The lowest BCUT2D eigenvalue weighted by molar-refractivity contribution is 0.0725. The average Bonchev–Trinajstić information content (AvgIpc) is 2.62. The zero-order valence-electron chi connectivity index (χ0n) is 12.8. The van der Waals surface area contributed by atoms with Gasteiger partial charge in [-0.1, -0.05) is 17.7 Å². The number of pyridine rings is 2. The average molecular weight is 331 g/mol. The molecule has 0 radical (unpaired) electrons. The van der Waals surface area contributed by atoms with Crippen LogP contribution in [-0.4, -0.2) is 33.9 Å². The highest BCUT2D eigenvalue weighted by Crippen LogP contribution is 2.18. The first kappa shape index (κ1) is 15.7. The van der Waals surface area contributed by atoms with Crippen molar-refractivity contribution in [2.75, 3.05) is 18.4 Å². The lowest BCUT2D eigenvalue weighted by Gasteiger charge is -2.27. The molecular formula is C17H19ClN4O. The molecule has 5 nitrogen and oxygen atoms in total. The summed E-state index contributed by atoms with van der Waals surface area (Å²) in [6, 6.07) is 7.27. The Labute approximate surface area is 140 Å². The lowest BCUT2D eigenvalue weighted by atomic mass is 10.1. The van der Waals surface area contributed by atoms with Gasteiger partial charge >= 0.3 is 0 Å². The predicted octanol–water partition coefficient (Wildman–Crippen LogP) is 3.37. The second kappa shape index (κ2) is 7.42. The van der Waals surface area contributed by atoms with Crippen LogP contribution in [0.2, 0.25) is 5.15 Å². The molecule has 1 aliphatic heterocycles. The molecule has 0 unspecified atom stereocenters. The molecule has 120 valence electrons. The quantitative estimate of drug-likeness (QED) is 0.873. The third kappa shape index (κ3) is 3.99. The van der Waals surface area contributed by atoms with Gasteiger partial charge in [0.25, 0.3) is 5.91 Å². The highest BCUT2D eigenvalue weighted by atomic mass is 35.5. The van der Waals surface area contributed by atoms with E-state index in [9.17, 15) is 4.79 Å². The van der Waals surface area contributed by atoms with Crippen LogP contribution in [0.25, 0.3) is 0 Å². The number of likely N-dealkylation sites (tertiary alicyclic amines) is 1. The Bertz CT molecular complexity index is 669. The summed E-state index contributed by atoms with van der Waals surface area (Å²) in [7, 11) is 0. The minimum atomic E-state index is 0.0505. The monoisotopic (exact) mass is 330 g/mol. The second-order valence-corrected chi connectivity index (χ2v) is 5.98. The Balaban J connectivity index is 1.72. The van der Waals surface area contributed by atoms with Crippen molar-refractivity contribution in [3.8, 4) is 0 Å². The summed E-state index contributed by atoms with van der Waals surface area (Å²) in [6.07, 6.45) is 6.75. The van der Waals surface area contributed by atoms with Crippen LogP contribution >= 0.6 is 11.6 Å². The first-order valence-electron chi connectivity index (χ1n) is 7.82. The van der Waals surface area contributed by atoms with Gasteiger partial charge in [0.15, 0.2) is 0 Å². The van der Waals surface area contributed by atoms with Gasteiger partial charge < -0.3 is 10.2 Å². The minimum Gasteiger partial charge on any atom is -0.365 e. The van der Waals surface area contributed by atoms with Crippen molar-refractivity contribution in [1.82, 2.24) is 14.9 Å². The fraction of sp³-hybridized carbons (Fsp3) is 0.353. The van der Waals surface area contributed by atoms with Crippen molar-refractivity contribution in [1.29, 1.82) is 0 Å². The van der Waals surface area contributed by atoms with E-state index >= 15 is 0 Å². The third-order valence-corrected chi connectivity index (χ3v) is 4.15. The number of hydrogen-bond acceptors (Lipinski definition) is 4. The number of amides is 1. The van der Waals surface area contributed by atoms with Gasteiger partial charge in [-0.2, -0.15) is 0 Å². The Morgan fingerprint density at radius 1 is 1.17 bits per heavy atom. The third-order valence-electron chi connectivity index (χ3n) is 3.93. The number of piperidine rings is 1. The minimum absolute atomic E-state index is 0.0505. The molecule has 23 heavy (non-hydrogen) atoms. The van der Waals surface area contributed by atoms with E-state index in [-0.39, 0.29) is 5.91 Å². The number of carbonyl (C=O) groups excluding carboxylic acids is 1. The van der Waals surface area contributed by atoms with Gasteiger partial charge in [-0.25, -0.2) is 9.97 Å². The number of nitrogens with one attached hydrogen (secondary N) is 1. The van der Waals surface area contributed by atoms with Crippen LogP contribution in [0.5, 0.6) is 0 Å². The summed E-state index contributed by atoms with van der Waals surface area (Å²) in [5.74, 6) is 0.660. The molecule has 1 saturated heterocycles. The molecule has 0 aromatic carbocycles. The van der Waals surface area contributed by atoms with E-state index in [1.165, 1.54) is 6.42 Å². The van der Waals surface area contributed by atoms with Gasteiger partial charge in [0.2, 0.25) is 0 Å². The van der Waals surface area contributed by atoms with Crippen LogP contribution < -0.4 is 5.32 Å². The SMILES string of the molecule is O=C(c1cccnc1NCc1ccc(Cl)nc1)N1CCCCC1. The van der Waals surface area contributed by atoms with Gasteiger partial charge in [-0.3, -0.25) is 4.79 Å². The molecule has 0 bridgehead atoms. The highest BCUT2D eigenvalue weighted by molar-refractivity contribution is 6.29. The topological polar surface area (TPSA) is 58.1 Å². The van der Waals surface area contributed by atoms with Crippen LogP contribution in [0.15, 0.2) is 36.7 Å². The summed E-state index contributed by atoms with van der Waals surface area (Å²) >= 11 is 5.79. The van der Waals surface area contributed by atoms with Crippen molar-refractivity contribution >= 4 is 23.3 Å². The smallest absolute Gasteiger partial charge is 0.257 e. The van der Waals surface area contributed by atoms with E-state index in [1.54, 1.807) is 24.5 Å². The number of hydrogen-bond donors (Lipinski definition) is 1. The molecule has 0 aliphatic carbocycles. The molecule has 3 rings (SSSR count). The van der Waals surface area contributed by atoms with E-state index in [0.29, 0.717) is 23.1 Å². The zero-order chi connectivity index (χ0) is 16.1. The van der Waals surface area contributed by atoms with E-state index < -0.39 is 0 Å². The molecule has 2 aromatic rings. The summed E-state index contributed by atoms with van der Waals surface area (Å²) in [4.78, 5) is 23.0. The zero-order valence-corrected chi connectivity index (χ0v) is 13.6. The Kier molecular flexibility index (Phi) is 5.08. The first-order chi connectivity index (χ1) is 11.2. The van der Waals surface area contributed by atoms with Crippen LogP contribution in [0, 0.1) is 0 Å². The summed E-state index contributed by atoms with van der Waals surface area (Å²) < 4.78 is 0. The molecule has 2 aromatic heterocycles. The van der Waals surface area contributed by atoms with Gasteiger partial charge in [-0.05, 0) is 43.0 Å². The number of carbonyl (C=O) groups is 1. The van der Waals surface area contributed by atoms with Crippen molar-refractivity contribution in [2.24, 2.45) is 0 Å². The fourth-order valence-corrected chi connectivity index (χ4v) is 2.79. The molecular weight excluding hydrogens is 312 g/mol. The molecule has 1 amide bonds. The van der Waals surface area contributed by atoms with Crippen LogP contribution in [0.1, 0.15) is 35.2 Å². The molecule has 0 atom stereocenters. The number of anilines is 1. The predicted molar refractivity (Wildman–Crippen MR) is 90.6 cm³/mol. The number of rotatable bonds is 4. The fourth-order valence-electron chi connectivity index (χ4n) is 2.68. The lowest BCUT2D eigenvalue weighted by Crippen LogP contribution is -2.36.